The molecule has 10 nitrogen and oxygen atoms in total. The van der Waals surface area contributed by atoms with Gasteiger partial charge in [0.05, 0.1) is 6.61 Å². The van der Waals surface area contributed by atoms with Crippen LogP contribution in [0.4, 0.5) is 0 Å². The normalized spacial score (nSPS) is 14.7. The van der Waals surface area contributed by atoms with Crippen molar-refractivity contribution in [3.05, 3.63) is 0 Å². The standard InChI is InChI=1S/C16H23ClO10/c1-6-23-13(19)8(2)25-15(21)10(4)27-16(22)11(5)26-14(20)9(3)24-12(18)7-17/h8-11H,6-7H2,1-5H3/t8-,9-,10-,11-/m0/s1. The molecule has 0 amide bonds. The molecular formula is C16H23ClO10. The monoisotopic (exact) mass is 410 g/mol. The van der Waals surface area contributed by atoms with E-state index in [-0.39, 0.29) is 6.61 Å². The molecule has 0 heterocycles. The molecule has 0 spiro atoms. The van der Waals surface area contributed by atoms with Crippen molar-refractivity contribution in [2.24, 2.45) is 0 Å². The highest BCUT2D eigenvalue weighted by atomic mass is 35.5. The fourth-order valence-electron chi connectivity index (χ4n) is 1.49. The molecule has 0 fully saturated rings. The van der Waals surface area contributed by atoms with Crippen molar-refractivity contribution in [3.8, 4) is 0 Å². The number of rotatable bonds is 10. The van der Waals surface area contributed by atoms with E-state index in [2.05, 4.69) is 9.47 Å². The lowest BCUT2D eigenvalue weighted by atomic mass is 10.3. The van der Waals surface area contributed by atoms with Gasteiger partial charge >= 0.3 is 29.8 Å². The molecule has 0 aliphatic rings. The van der Waals surface area contributed by atoms with Crippen LogP contribution in [0.25, 0.3) is 0 Å². The summed E-state index contributed by atoms with van der Waals surface area (Å²) in [6.45, 7) is 6.68. The summed E-state index contributed by atoms with van der Waals surface area (Å²) in [6, 6.07) is 0. The van der Waals surface area contributed by atoms with E-state index in [0.717, 1.165) is 0 Å². The third kappa shape index (κ3) is 9.23. The average Bonchev–Trinajstić information content (AvgIpc) is 2.60. The van der Waals surface area contributed by atoms with Gasteiger partial charge in [0.25, 0.3) is 0 Å². The van der Waals surface area contributed by atoms with Crippen molar-refractivity contribution >= 4 is 41.4 Å². The second-order valence-electron chi connectivity index (χ2n) is 5.26. The van der Waals surface area contributed by atoms with Gasteiger partial charge in [-0.25, -0.2) is 19.2 Å². The molecule has 154 valence electrons. The number of carbonyl (C=O) groups excluding carboxylic acids is 5. The van der Waals surface area contributed by atoms with Gasteiger partial charge in [-0.2, -0.15) is 0 Å². The first-order valence-electron chi connectivity index (χ1n) is 8.06. The van der Waals surface area contributed by atoms with E-state index in [4.69, 9.17) is 25.8 Å². The van der Waals surface area contributed by atoms with Crippen molar-refractivity contribution in [1.29, 1.82) is 0 Å². The largest absolute Gasteiger partial charge is 0.463 e. The fraction of sp³-hybridized carbons (Fsp3) is 0.688. The van der Waals surface area contributed by atoms with Gasteiger partial charge in [0.15, 0.2) is 24.4 Å². The van der Waals surface area contributed by atoms with Gasteiger partial charge in [-0.15, -0.1) is 11.6 Å². The van der Waals surface area contributed by atoms with Crippen molar-refractivity contribution in [2.45, 2.75) is 59.0 Å². The van der Waals surface area contributed by atoms with Crippen LogP contribution >= 0.6 is 11.6 Å². The van der Waals surface area contributed by atoms with Gasteiger partial charge in [0.1, 0.15) is 5.88 Å². The zero-order valence-corrected chi connectivity index (χ0v) is 16.4. The first-order chi connectivity index (χ1) is 12.5. The fourth-order valence-corrected chi connectivity index (χ4v) is 1.55. The minimum absolute atomic E-state index is 0.118. The Kier molecular flexibility index (Phi) is 11.0. The molecule has 0 aliphatic carbocycles. The third-order valence-electron chi connectivity index (χ3n) is 2.91. The highest BCUT2D eigenvalue weighted by Gasteiger charge is 2.30. The SMILES string of the molecule is CCOC(=O)[C@H](C)OC(=O)[C@H](C)OC(=O)[C@H](C)OC(=O)[C@H](C)OC(=O)CCl. The van der Waals surface area contributed by atoms with Crippen LogP contribution < -0.4 is 0 Å². The zero-order chi connectivity index (χ0) is 21.1. The molecule has 0 unspecified atom stereocenters. The van der Waals surface area contributed by atoms with Crippen LogP contribution in [0.5, 0.6) is 0 Å². The molecule has 0 saturated carbocycles. The van der Waals surface area contributed by atoms with Crippen LogP contribution in [0.2, 0.25) is 0 Å². The Morgan fingerprint density at radius 3 is 1.33 bits per heavy atom. The van der Waals surface area contributed by atoms with E-state index in [9.17, 15) is 24.0 Å². The molecule has 11 heteroatoms. The molecule has 0 aliphatic heterocycles. The minimum Gasteiger partial charge on any atom is -0.463 e. The van der Waals surface area contributed by atoms with Gasteiger partial charge in [0.2, 0.25) is 0 Å². The van der Waals surface area contributed by atoms with Crippen molar-refractivity contribution in [1.82, 2.24) is 0 Å². The first-order valence-corrected chi connectivity index (χ1v) is 8.60. The molecule has 0 saturated heterocycles. The molecule has 27 heavy (non-hydrogen) atoms. The van der Waals surface area contributed by atoms with Crippen molar-refractivity contribution in [2.75, 3.05) is 12.5 Å². The summed E-state index contributed by atoms with van der Waals surface area (Å²) in [7, 11) is 0. The van der Waals surface area contributed by atoms with E-state index in [1.165, 1.54) is 27.7 Å². The summed E-state index contributed by atoms with van der Waals surface area (Å²) >= 11 is 5.24. The predicted molar refractivity (Wildman–Crippen MR) is 89.6 cm³/mol. The smallest absolute Gasteiger partial charge is 0.347 e. The number of ether oxygens (including phenoxy) is 5. The molecule has 0 aromatic carbocycles. The quantitative estimate of drug-likeness (QED) is 0.285. The second kappa shape index (κ2) is 12.1. The second-order valence-corrected chi connectivity index (χ2v) is 5.52. The third-order valence-corrected chi connectivity index (χ3v) is 3.13. The van der Waals surface area contributed by atoms with E-state index in [1.54, 1.807) is 6.92 Å². The van der Waals surface area contributed by atoms with E-state index in [1.807, 2.05) is 0 Å². The molecule has 0 rings (SSSR count). The summed E-state index contributed by atoms with van der Waals surface area (Å²) in [5, 5.41) is 0. The van der Waals surface area contributed by atoms with E-state index < -0.39 is 60.1 Å². The number of halogens is 1. The van der Waals surface area contributed by atoms with E-state index >= 15 is 0 Å². The number of esters is 5. The van der Waals surface area contributed by atoms with Gasteiger partial charge < -0.3 is 23.7 Å². The molecule has 0 radical (unpaired) electrons. The average molecular weight is 411 g/mol. The Morgan fingerprint density at radius 2 is 1.00 bits per heavy atom. The number of hydrogen-bond acceptors (Lipinski definition) is 10. The van der Waals surface area contributed by atoms with Crippen LogP contribution in [0.1, 0.15) is 34.6 Å². The number of carbonyl (C=O) groups is 5. The summed E-state index contributed by atoms with van der Waals surface area (Å²) in [4.78, 5) is 57.8. The highest BCUT2D eigenvalue weighted by Crippen LogP contribution is 2.06. The van der Waals surface area contributed by atoms with Crippen LogP contribution in [0, 0.1) is 0 Å². The van der Waals surface area contributed by atoms with Crippen molar-refractivity contribution < 1.29 is 47.7 Å². The summed E-state index contributed by atoms with van der Waals surface area (Å²) in [6.07, 6.45) is -5.19. The molecule has 4 atom stereocenters. The maximum atomic E-state index is 11.9. The zero-order valence-electron chi connectivity index (χ0n) is 15.7. The lowest BCUT2D eigenvalue weighted by Crippen LogP contribution is -2.37. The summed E-state index contributed by atoms with van der Waals surface area (Å²) in [5.41, 5.74) is 0. The molecular weight excluding hydrogens is 388 g/mol. The Bertz CT molecular complexity index is 561. The molecule has 0 N–H and O–H groups in total. The Morgan fingerprint density at radius 1 is 0.667 bits per heavy atom. The lowest BCUT2D eigenvalue weighted by molar-refractivity contribution is -0.184. The number of hydrogen-bond donors (Lipinski definition) is 0. The molecule has 0 bridgehead atoms. The summed E-state index contributed by atoms with van der Waals surface area (Å²) in [5.74, 6) is -5.03. The lowest BCUT2D eigenvalue weighted by Gasteiger charge is -2.19. The Hall–Kier alpha value is -2.36. The van der Waals surface area contributed by atoms with Crippen LogP contribution in [-0.4, -0.2) is 66.7 Å². The maximum absolute atomic E-state index is 11.9. The predicted octanol–water partition coefficient (Wildman–Crippen LogP) is 0.515. The first kappa shape index (κ1) is 24.6. The van der Waals surface area contributed by atoms with Crippen molar-refractivity contribution in [3.63, 3.8) is 0 Å². The van der Waals surface area contributed by atoms with Gasteiger partial charge in [0, 0.05) is 0 Å². The highest BCUT2D eigenvalue weighted by molar-refractivity contribution is 6.26. The minimum atomic E-state index is -1.38. The summed E-state index contributed by atoms with van der Waals surface area (Å²) < 4.78 is 23.7. The Balaban J connectivity index is 4.52. The maximum Gasteiger partial charge on any atom is 0.347 e. The van der Waals surface area contributed by atoms with Gasteiger partial charge in [-0.3, -0.25) is 4.79 Å². The number of alkyl halides is 1. The van der Waals surface area contributed by atoms with Crippen LogP contribution in [0.15, 0.2) is 0 Å². The van der Waals surface area contributed by atoms with E-state index in [0.29, 0.717) is 0 Å². The van der Waals surface area contributed by atoms with Gasteiger partial charge in [-0.05, 0) is 34.6 Å². The topological polar surface area (TPSA) is 132 Å². The van der Waals surface area contributed by atoms with Crippen LogP contribution in [0.3, 0.4) is 0 Å². The Labute approximate surface area is 161 Å². The van der Waals surface area contributed by atoms with Gasteiger partial charge in [-0.1, -0.05) is 0 Å². The van der Waals surface area contributed by atoms with Crippen LogP contribution in [-0.2, 0) is 47.7 Å². The molecule has 0 aromatic heterocycles. The molecule has 0 aromatic rings.